The molecule has 0 saturated heterocycles. The van der Waals surface area contributed by atoms with Crippen LogP contribution in [0.3, 0.4) is 0 Å². The van der Waals surface area contributed by atoms with Gasteiger partial charge in [0.15, 0.2) is 11.6 Å². The highest BCUT2D eigenvalue weighted by Crippen LogP contribution is 2.38. The van der Waals surface area contributed by atoms with Crippen LogP contribution >= 0.6 is 0 Å². The van der Waals surface area contributed by atoms with E-state index in [1.165, 1.54) is 24.3 Å². The molecule has 3 aromatic rings. The summed E-state index contributed by atoms with van der Waals surface area (Å²) < 4.78 is 59.3. The van der Waals surface area contributed by atoms with Gasteiger partial charge in [0.05, 0.1) is 5.56 Å². The highest BCUT2D eigenvalue weighted by molar-refractivity contribution is 5.69. The minimum Gasteiger partial charge on any atom is -0.488 e. The van der Waals surface area contributed by atoms with E-state index >= 15 is 0 Å². The van der Waals surface area contributed by atoms with Crippen LogP contribution in [0.1, 0.15) is 16.7 Å². The first kappa shape index (κ1) is 22.9. The average molecular weight is 460 g/mol. The van der Waals surface area contributed by atoms with Crippen molar-refractivity contribution in [2.24, 2.45) is 5.18 Å². The van der Waals surface area contributed by atoms with Crippen molar-refractivity contribution in [3.8, 4) is 16.9 Å². The van der Waals surface area contributed by atoms with Crippen molar-refractivity contribution in [3.05, 3.63) is 88.1 Å². The van der Waals surface area contributed by atoms with Crippen LogP contribution in [0, 0.1) is 10.7 Å². The van der Waals surface area contributed by atoms with E-state index in [1.54, 1.807) is 24.3 Å². The van der Waals surface area contributed by atoms with Gasteiger partial charge in [0.1, 0.15) is 18.4 Å². The van der Waals surface area contributed by atoms with E-state index in [4.69, 9.17) is 4.74 Å². The molecule has 0 fully saturated rings. The molecule has 1 N–H and O–H groups in total. The van der Waals surface area contributed by atoms with E-state index in [-0.39, 0.29) is 30.2 Å². The Labute approximate surface area is 187 Å². The van der Waals surface area contributed by atoms with Crippen molar-refractivity contribution in [2.75, 3.05) is 13.2 Å². The number of aliphatic hydroxyl groups excluding tert-OH is 1. The number of alkyl halides is 3. The summed E-state index contributed by atoms with van der Waals surface area (Å²) in [4.78, 5) is 12.4. The number of aliphatic hydroxyl groups is 1. The predicted molar refractivity (Wildman–Crippen MR) is 114 cm³/mol. The number of ether oxygens (including phenoxy) is 1. The second-order valence-electron chi connectivity index (χ2n) is 7.87. The number of fused-ring (bicyclic) bond motifs is 1. The zero-order valence-electron chi connectivity index (χ0n) is 17.3. The van der Waals surface area contributed by atoms with Crippen LogP contribution in [0.15, 0.2) is 65.8 Å². The zero-order chi connectivity index (χ0) is 23.6. The monoisotopic (exact) mass is 460 g/mol. The number of hydrogen-bond donors (Lipinski definition) is 1. The van der Waals surface area contributed by atoms with Gasteiger partial charge in [0.25, 0.3) is 0 Å². The highest BCUT2D eigenvalue weighted by atomic mass is 19.4. The number of benzene rings is 3. The fourth-order valence-corrected chi connectivity index (χ4v) is 3.94. The molecule has 1 aliphatic heterocycles. The van der Waals surface area contributed by atoms with Gasteiger partial charge in [0, 0.05) is 25.7 Å². The van der Waals surface area contributed by atoms with E-state index in [0.717, 1.165) is 23.3 Å². The van der Waals surface area contributed by atoms with Crippen LogP contribution in [0.25, 0.3) is 11.1 Å². The number of nitroso groups, excluding NO2 is 1. The minimum absolute atomic E-state index is 0.0625. The van der Waals surface area contributed by atoms with Crippen molar-refractivity contribution < 1.29 is 27.4 Å². The number of halogens is 4. The van der Waals surface area contributed by atoms with Crippen molar-refractivity contribution in [1.29, 1.82) is 0 Å². The summed E-state index contributed by atoms with van der Waals surface area (Å²) in [6.45, 7) is 1.06. The highest BCUT2D eigenvalue weighted by Gasteiger charge is 2.33. The Morgan fingerprint density at radius 1 is 1.03 bits per heavy atom. The second kappa shape index (κ2) is 9.29. The van der Waals surface area contributed by atoms with E-state index < -0.39 is 23.7 Å². The van der Waals surface area contributed by atoms with Crippen LogP contribution in [0.5, 0.6) is 5.75 Å². The Morgan fingerprint density at radius 2 is 1.79 bits per heavy atom. The average Bonchev–Trinajstić information content (AvgIpc) is 3.19. The standard InChI is InChI=1S/C24H20F4N2O3/c25-22-10-18(29-32)7-8-23(22)33-14-19(31)13-30-11-16-6-5-15(9-17(16)12-30)20-3-1-2-4-21(20)24(26,27)28/h1-10,19,31H,11-14H2. The van der Waals surface area contributed by atoms with Crippen molar-refractivity contribution in [2.45, 2.75) is 25.4 Å². The van der Waals surface area contributed by atoms with Crippen LogP contribution in [0.4, 0.5) is 23.2 Å². The third-order valence-corrected chi connectivity index (χ3v) is 5.46. The maximum Gasteiger partial charge on any atom is 0.417 e. The number of β-amino-alcohol motifs (C(OH)–C–C–N with tert-alkyl or cyclic N) is 1. The molecule has 0 aromatic heterocycles. The lowest BCUT2D eigenvalue weighted by Crippen LogP contribution is -2.32. The molecule has 5 nitrogen and oxygen atoms in total. The van der Waals surface area contributed by atoms with Crippen LogP contribution in [-0.2, 0) is 19.3 Å². The van der Waals surface area contributed by atoms with Crippen LogP contribution < -0.4 is 4.74 Å². The molecule has 0 bridgehead atoms. The first-order valence-corrected chi connectivity index (χ1v) is 10.2. The molecular formula is C24H20F4N2O3. The van der Waals surface area contributed by atoms with E-state index in [2.05, 4.69) is 5.18 Å². The third kappa shape index (κ3) is 5.20. The second-order valence-corrected chi connectivity index (χ2v) is 7.87. The van der Waals surface area contributed by atoms with Gasteiger partial charge in [-0.15, -0.1) is 4.91 Å². The normalized spacial score (nSPS) is 14.7. The molecule has 33 heavy (non-hydrogen) atoms. The van der Waals surface area contributed by atoms with Gasteiger partial charge in [0.2, 0.25) is 0 Å². The van der Waals surface area contributed by atoms with Crippen LogP contribution in [-0.4, -0.2) is 29.3 Å². The molecule has 9 heteroatoms. The molecule has 1 atom stereocenters. The summed E-state index contributed by atoms with van der Waals surface area (Å²) >= 11 is 0. The maximum atomic E-state index is 13.9. The molecule has 4 rings (SSSR count). The van der Waals surface area contributed by atoms with Gasteiger partial charge in [-0.05, 0) is 51.7 Å². The summed E-state index contributed by atoms with van der Waals surface area (Å²) in [7, 11) is 0. The quantitative estimate of drug-likeness (QED) is 0.365. The van der Waals surface area contributed by atoms with E-state index in [0.29, 0.717) is 18.7 Å². The third-order valence-electron chi connectivity index (χ3n) is 5.46. The lowest BCUT2D eigenvalue weighted by atomic mass is 9.96. The fourth-order valence-electron chi connectivity index (χ4n) is 3.94. The van der Waals surface area contributed by atoms with Crippen molar-refractivity contribution in [1.82, 2.24) is 4.90 Å². The number of hydrogen-bond acceptors (Lipinski definition) is 5. The van der Waals surface area contributed by atoms with Gasteiger partial charge < -0.3 is 9.84 Å². The maximum absolute atomic E-state index is 13.9. The molecule has 0 radical (unpaired) electrons. The zero-order valence-corrected chi connectivity index (χ0v) is 17.3. The summed E-state index contributed by atoms with van der Waals surface area (Å²) in [5.41, 5.74) is 1.72. The summed E-state index contributed by atoms with van der Waals surface area (Å²) in [5, 5.41) is 13.0. The lowest BCUT2D eigenvalue weighted by Gasteiger charge is -2.19. The first-order chi connectivity index (χ1) is 15.7. The Bertz CT molecular complexity index is 1170. The topological polar surface area (TPSA) is 62.1 Å². The van der Waals surface area contributed by atoms with Gasteiger partial charge in [-0.3, -0.25) is 4.90 Å². The molecule has 1 aliphatic rings. The van der Waals surface area contributed by atoms with Gasteiger partial charge in [-0.25, -0.2) is 4.39 Å². The molecular weight excluding hydrogens is 440 g/mol. The minimum atomic E-state index is -4.45. The molecule has 0 spiro atoms. The summed E-state index contributed by atoms with van der Waals surface area (Å²) in [6, 6.07) is 14.2. The summed E-state index contributed by atoms with van der Waals surface area (Å²) in [5.74, 6) is -0.848. The lowest BCUT2D eigenvalue weighted by molar-refractivity contribution is -0.137. The Morgan fingerprint density at radius 3 is 2.52 bits per heavy atom. The van der Waals surface area contributed by atoms with Crippen molar-refractivity contribution in [3.63, 3.8) is 0 Å². The smallest absolute Gasteiger partial charge is 0.417 e. The van der Waals surface area contributed by atoms with Crippen molar-refractivity contribution >= 4 is 5.69 Å². The molecule has 1 heterocycles. The fraction of sp³-hybridized carbons (Fsp3) is 0.250. The largest absolute Gasteiger partial charge is 0.488 e. The first-order valence-electron chi connectivity index (χ1n) is 10.2. The number of rotatable bonds is 7. The molecule has 3 aromatic carbocycles. The Balaban J connectivity index is 1.40. The van der Waals surface area contributed by atoms with Gasteiger partial charge in [-0.1, -0.05) is 30.3 Å². The molecule has 1 unspecified atom stereocenters. The van der Waals surface area contributed by atoms with E-state index in [9.17, 15) is 27.6 Å². The molecule has 0 amide bonds. The van der Waals surface area contributed by atoms with Gasteiger partial charge in [-0.2, -0.15) is 13.2 Å². The Hall–Kier alpha value is -3.30. The SMILES string of the molecule is O=Nc1ccc(OCC(O)CN2Cc3ccc(-c4ccccc4C(F)(F)F)cc3C2)c(F)c1. The summed E-state index contributed by atoms with van der Waals surface area (Å²) in [6.07, 6.45) is -5.37. The predicted octanol–water partition coefficient (Wildman–Crippen LogP) is 5.66. The molecule has 0 saturated carbocycles. The molecule has 172 valence electrons. The Kier molecular flexibility index (Phi) is 6.44. The molecule has 0 aliphatic carbocycles. The number of nitrogens with zero attached hydrogens (tertiary/aromatic N) is 2. The van der Waals surface area contributed by atoms with Crippen LogP contribution in [0.2, 0.25) is 0 Å². The van der Waals surface area contributed by atoms with Gasteiger partial charge >= 0.3 is 6.18 Å². The van der Waals surface area contributed by atoms with E-state index in [1.807, 2.05) is 4.90 Å².